The lowest BCUT2D eigenvalue weighted by Crippen LogP contribution is -2.23. The molecule has 0 radical (unpaired) electrons. The Hall–Kier alpha value is -2.97. The molecule has 154 valence electrons. The van der Waals surface area contributed by atoms with Crippen molar-refractivity contribution in [2.24, 2.45) is 0 Å². The van der Waals surface area contributed by atoms with Crippen molar-refractivity contribution in [1.29, 1.82) is 0 Å². The maximum Gasteiger partial charge on any atom is 0.297 e. The summed E-state index contributed by atoms with van der Waals surface area (Å²) in [6, 6.07) is 12.4. The standard InChI is InChI=1S/C21H18ClN3O4S/c1-3-25-20(27)19-18(13-6-4-5-7-15(13)29-19)24-21(25)30-11-17(26)23-12-8-9-16(28-2)14(22)10-12/h4-10H,3,11H2,1-2H3,(H,23,26). The summed E-state index contributed by atoms with van der Waals surface area (Å²) in [5.74, 6) is 0.369. The first-order valence-electron chi connectivity index (χ1n) is 9.20. The molecule has 0 aliphatic rings. The van der Waals surface area contributed by atoms with Crippen LogP contribution in [0.25, 0.3) is 22.1 Å². The summed E-state index contributed by atoms with van der Waals surface area (Å²) in [6.07, 6.45) is 0. The van der Waals surface area contributed by atoms with Crippen molar-refractivity contribution in [2.45, 2.75) is 18.6 Å². The number of nitrogens with one attached hydrogen (secondary N) is 1. The van der Waals surface area contributed by atoms with Gasteiger partial charge in [-0.2, -0.15) is 0 Å². The molecule has 30 heavy (non-hydrogen) atoms. The number of aromatic nitrogens is 2. The number of carbonyl (C=O) groups excluding carboxylic acids is 1. The van der Waals surface area contributed by atoms with E-state index < -0.39 is 0 Å². The third-order valence-electron chi connectivity index (χ3n) is 4.53. The summed E-state index contributed by atoms with van der Waals surface area (Å²) in [4.78, 5) is 29.9. The molecular formula is C21H18ClN3O4S. The Morgan fingerprint density at radius 1 is 1.30 bits per heavy atom. The van der Waals surface area contributed by atoms with Gasteiger partial charge in [-0.1, -0.05) is 35.5 Å². The van der Waals surface area contributed by atoms with Crippen molar-refractivity contribution in [3.63, 3.8) is 0 Å². The third-order valence-corrected chi connectivity index (χ3v) is 5.80. The van der Waals surface area contributed by atoms with Gasteiger partial charge in [-0.15, -0.1) is 0 Å². The number of hydrogen-bond donors (Lipinski definition) is 1. The molecule has 0 atom stereocenters. The molecule has 4 rings (SSSR count). The minimum atomic E-state index is -0.261. The minimum absolute atomic E-state index is 0.0807. The molecular weight excluding hydrogens is 426 g/mol. The van der Waals surface area contributed by atoms with Crippen molar-refractivity contribution in [3.05, 3.63) is 57.8 Å². The first-order valence-corrected chi connectivity index (χ1v) is 10.6. The lowest BCUT2D eigenvalue weighted by atomic mass is 10.2. The molecule has 0 fully saturated rings. The number of halogens is 1. The zero-order valence-corrected chi connectivity index (χ0v) is 17.8. The molecule has 4 aromatic rings. The van der Waals surface area contributed by atoms with Crippen LogP contribution in [0.5, 0.6) is 5.75 Å². The predicted octanol–water partition coefficient (Wildman–Crippen LogP) is 4.56. The average molecular weight is 444 g/mol. The molecule has 0 aliphatic heterocycles. The van der Waals surface area contributed by atoms with E-state index in [1.165, 1.54) is 23.4 Å². The number of nitrogens with zero attached hydrogens (tertiary/aromatic N) is 2. The molecule has 1 N–H and O–H groups in total. The van der Waals surface area contributed by atoms with E-state index in [0.717, 1.165) is 5.39 Å². The van der Waals surface area contributed by atoms with Gasteiger partial charge in [-0.25, -0.2) is 4.98 Å². The largest absolute Gasteiger partial charge is 0.495 e. The Bertz CT molecular complexity index is 1320. The van der Waals surface area contributed by atoms with E-state index in [9.17, 15) is 9.59 Å². The Morgan fingerprint density at radius 3 is 2.83 bits per heavy atom. The predicted molar refractivity (Wildman–Crippen MR) is 119 cm³/mol. The number of fused-ring (bicyclic) bond motifs is 3. The number of hydrogen-bond acceptors (Lipinski definition) is 6. The maximum absolute atomic E-state index is 12.9. The number of carbonyl (C=O) groups is 1. The van der Waals surface area contributed by atoms with Gasteiger partial charge in [-0.05, 0) is 37.3 Å². The van der Waals surface area contributed by atoms with Crippen LogP contribution in [0.2, 0.25) is 5.02 Å². The molecule has 1 amide bonds. The van der Waals surface area contributed by atoms with Crippen molar-refractivity contribution in [2.75, 3.05) is 18.2 Å². The summed E-state index contributed by atoms with van der Waals surface area (Å²) >= 11 is 7.29. The van der Waals surface area contributed by atoms with E-state index in [2.05, 4.69) is 10.3 Å². The van der Waals surface area contributed by atoms with Crippen LogP contribution in [0.3, 0.4) is 0 Å². The van der Waals surface area contributed by atoms with Crippen LogP contribution in [-0.2, 0) is 11.3 Å². The number of furan rings is 1. The number of ether oxygens (including phenoxy) is 1. The summed E-state index contributed by atoms with van der Waals surface area (Å²) in [6.45, 7) is 2.26. The van der Waals surface area contributed by atoms with Gasteiger partial charge in [0.1, 0.15) is 16.8 Å². The van der Waals surface area contributed by atoms with Gasteiger partial charge >= 0.3 is 0 Å². The quantitative estimate of drug-likeness (QED) is 0.347. The Balaban J connectivity index is 1.58. The fraction of sp³-hybridized carbons (Fsp3) is 0.190. The first-order chi connectivity index (χ1) is 14.5. The normalized spacial score (nSPS) is 11.2. The van der Waals surface area contributed by atoms with Crippen LogP contribution in [0.4, 0.5) is 5.69 Å². The fourth-order valence-corrected chi connectivity index (χ4v) is 4.23. The number of rotatable bonds is 6. The van der Waals surface area contributed by atoms with Gasteiger partial charge in [-0.3, -0.25) is 14.2 Å². The van der Waals surface area contributed by atoms with E-state index in [4.69, 9.17) is 20.8 Å². The van der Waals surface area contributed by atoms with Crippen LogP contribution in [0, 0.1) is 0 Å². The summed E-state index contributed by atoms with van der Waals surface area (Å²) in [5, 5.41) is 4.42. The molecule has 0 saturated carbocycles. The minimum Gasteiger partial charge on any atom is -0.495 e. The van der Waals surface area contributed by atoms with Crippen molar-refractivity contribution in [1.82, 2.24) is 9.55 Å². The number of anilines is 1. The number of thioether (sulfide) groups is 1. The Morgan fingerprint density at radius 2 is 2.10 bits per heavy atom. The summed E-state index contributed by atoms with van der Waals surface area (Å²) in [5.41, 5.74) is 1.63. The zero-order chi connectivity index (χ0) is 21.3. The summed E-state index contributed by atoms with van der Waals surface area (Å²) in [7, 11) is 1.52. The third kappa shape index (κ3) is 3.76. The van der Waals surface area contributed by atoms with Crippen LogP contribution in [0.15, 0.2) is 56.8 Å². The molecule has 0 aliphatic carbocycles. The van der Waals surface area contributed by atoms with Gasteiger partial charge in [0.2, 0.25) is 11.5 Å². The Labute approximate surface area is 181 Å². The topological polar surface area (TPSA) is 86.4 Å². The zero-order valence-electron chi connectivity index (χ0n) is 16.3. The second-order valence-electron chi connectivity index (χ2n) is 6.41. The lowest BCUT2D eigenvalue weighted by Gasteiger charge is -2.10. The van der Waals surface area contributed by atoms with Gasteiger partial charge in [0.05, 0.1) is 17.9 Å². The highest BCUT2D eigenvalue weighted by Gasteiger charge is 2.18. The smallest absolute Gasteiger partial charge is 0.297 e. The van der Waals surface area contributed by atoms with Crippen molar-refractivity contribution >= 4 is 57.0 Å². The molecule has 2 aromatic carbocycles. The van der Waals surface area contributed by atoms with Crippen LogP contribution in [0.1, 0.15) is 6.92 Å². The SMILES string of the molecule is CCn1c(SCC(=O)Nc2ccc(OC)c(Cl)c2)nc2c(oc3ccccc32)c1=O. The number of para-hydroxylation sites is 1. The molecule has 2 heterocycles. The van der Waals surface area contributed by atoms with Crippen molar-refractivity contribution < 1.29 is 13.9 Å². The molecule has 0 spiro atoms. The number of benzene rings is 2. The molecule has 0 saturated heterocycles. The highest BCUT2D eigenvalue weighted by atomic mass is 35.5. The molecule has 7 nitrogen and oxygen atoms in total. The molecule has 2 aromatic heterocycles. The molecule has 0 bridgehead atoms. The van der Waals surface area contributed by atoms with E-state index in [1.807, 2.05) is 25.1 Å². The second kappa shape index (κ2) is 8.41. The van der Waals surface area contributed by atoms with Crippen molar-refractivity contribution in [3.8, 4) is 5.75 Å². The highest BCUT2D eigenvalue weighted by Crippen LogP contribution is 2.29. The number of methoxy groups -OCH3 is 1. The van der Waals surface area contributed by atoms with Crippen LogP contribution < -0.4 is 15.6 Å². The van der Waals surface area contributed by atoms with Crippen LogP contribution >= 0.6 is 23.4 Å². The van der Waals surface area contributed by atoms with Gasteiger partial charge in [0, 0.05) is 17.6 Å². The monoisotopic (exact) mass is 443 g/mol. The van der Waals surface area contributed by atoms with E-state index in [0.29, 0.717) is 39.3 Å². The lowest BCUT2D eigenvalue weighted by molar-refractivity contribution is -0.113. The fourth-order valence-electron chi connectivity index (χ4n) is 3.11. The summed E-state index contributed by atoms with van der Waals surface area (Å²) < 4.78 is 12.3. The van der Waals surface area contributed by atoms with E-state index in [1.54, 1.807) is 24.3 Å². The van der Waals surface area contributed by atoms with Gasteiger partial charge in [0.25, 0.3) is 5.56 Å². The van der Waals surface area contributed by atoms with Gasteiger partial charge < -0.3 is 14.5 Å². The van der Waals surface area contributed by atoms with E-state index >= 15 is 0 Å². The average Bonchev–Trinajstić information content (AvgIpc) is 3.11. The van der Waals surface area contributed by atoms with E-state index in [-0.39, 0.29) is 22.8 Å². The van der Waals surface area contributed by atoms with Gasteiger partial charge in [0.15, 0.2) is 5.16 Å². The second-order valence-corrected chi connectivity index (χ2v) is 7.76. The van der Waals surface area contributed by atoms with Crippen LogP contribution in [-0.4, -0.2) is 28.3 Å². The maximum atomic E-state index is 12.9. The Kier molecular flexibility index (Phi) is 5.69. The number of amides is 1. The molecule has 0 unspecified atom stereocenters. The first kappa shape index (κ1) is 20.3. The highest BCUT2D eigenvalue weighted by molar-refractivity contribution is 7.99. The molecule has 9 heteroatoms.